The highest BCUT2D eigenvalue weighted by Gasteiger charge is 2.24. The lowest BCUT2D eigenvalue weighted by molar-refractivity contribution is -0.151. The number of aliphatic hydroxyl groups excluding tert-OH is 2. The van der Waals surface area contributed by atoms with E-state index >= 15 is 0 Å². The molecule has 0 aliphatic rings. The van der Waals surface area contributed by atoms with Crippen LogP contribution in [0.3, 0.4) is 0 Å². The predicted molar refractivity (Wildman–Crippen MR) is 297 cm³/mol. The van der Waals surface area contributed by atoms with E-state index in [4.69, 9.17) is 4.74 Å². The number of hydrogen-bond donors (Lipinski definition) is 3. The summed E-state index contributed by atoms with van der Waals surface area (Å²) < 4.78 is 5.98. The Hall–Kier alpha value is -1.40. The number of aliphatic hydroxyl groups is 2. The van der Waals surface area contributed by atoms with Crippen LogP contribution in [-0.4, -0.2) is 46.9 Å². The van der Waals surface area contributed by atoms with Gasteiger partial charge in [-0.1, -0.05) is 296 Å². The van der Waals surface area contributed by atoms with Crippen molar-refractivity contribution in [1.82, 2.24) is 5.32 Å². The van der Waals surface area contributed by atoms with Crippen molar-refractivity contribution in [2.75, 3.05) is 6.61 Å². The van der Waals surface area contributed by atoms with Crippen molar-refractivity contribution in [2.24, 2.45) is 0 Å². The fourth-order valence-electron chi connectivity index (χ4n) is 9.90. The maximum atomic E-state index is 13.3. The molecule has 0 aliphatic carbocycles. The second-order valence-electron chi connectivity index (χ2n) is 21.5. The monoisotopic (exact) mass is 960 g/mol. The zero-order valence-corrected chi connectivity index (χ0v) is 46.3. The minimum atomic E-state index is -0.784. The molecule has 0 saturated heterocycles. The molecule has 404 valence electrons. The summed E-state index contributed by atoms with van der Waals surface area (Å²) in [7, 11) is 0. The van der Waals surface area contributed by atoms with Crippen molar-refractivity contribution >= 4 is 11.9 Å². The van der Waals surface area contributed by atoms with Gasteiger partial charge in [0, 0.05) is 6.42 Å². The van der Waals surface area contributed by atoms with E-state index in [0.717, 1.165) is 44.9 Å². The van der Waals surface area contributed by atoms with E-state index < -0.39 is 18.2 Å². The molecule has 6 nitrogen and oxygen atoms in total. The Kier molecular flexibility index (Phi) is 55.3. The van der Waals surface area contributed by atoms with Crippen LogP contribution in [0.5, 0.6) is 0 Å². The molecule has 3 unspecified atom stereocenters. The van der Waals surface area contributed by atoms with E-state index in [9.17, 15) is 19.8 Å². The summed E-state index contributed by atoms with van der Waals surface area (Å²) in [5.41, 5.74) is 0. The number of carbonyl (C=O) groups excluding carboxylic acids is 2. The number of ether oxygens (including phenoxy) is 1. The van der Waals surface area contributed by atoms with Crippen molar-refractivity contribution in [3.63, 3.8) is 0 Å². The van der Waals surface area contributed by atoms with Gasteiger partial charge in [-0.15, -0.1) is 0 Å². The van der Waals surface area contributed by atoms with Crippen LogP contribution >= 0.6 is 0 Å². The van der Waals surface area contributed by atoms with Crippen LogP contribution in [0.4, 0.5) is 0 Å². The first-order valence-corrected chi connectivity index (χ1v) is 30.9. The second kappa shape index (κ2) is 56.5. The van der Waals surface area contributed by atoms with Gasteiger partial charge in [0.2, 0.25) is 5.91 Å². The number of amides is 1. The maximum Gasteiger partial charge on any atom is 0.306 e. The van der Waals surface area contributed by atoms with Crippen LogP contribution in [0.1, 0.15) is 348 Å². The molecule has 1 amide bonds. The first kappa shape index (κ1) is 66.6. The third-order valence-electron chi connectivity index (χ3n) is 14.6. The average Bonchev–Trinajstić information content (AvgIpc) is 3.33. The van der Waals surface area contributed by atoms with Gasteiger partial charge in [0.1, 0.15) is 6.10 Å². The summed E-state index contributed by atoms with van der Waals surface area (Å²) in [5, 5.41) is 24.0. The van der Waals surface area contributed by atoms with Crippen LogP contribution in [0.15, 0.2) is 12.2 Å². The van der Waals surface area contributed by atoms with Crippen molar-refractivity contribution < 1.29 is 24.5 Å². The van der Waals surface area contributed by atoms with Crippen LogP contribution in [0.2, 0.25) is 0 Å². The molecule has 3 atom stereocenters. The minimum Gasteiger partial charge on any atom is -0.462 e. The van der Waals surface area contributed by atoms with Gasteiger partial charge in [-0.2, -0.15) is 0 Å². The number of carbonyl (C=O) groups is 2. The van der Waals surface area contributed by atoms with Gasteiger partial charge in [-0.3, -0.25) is 9.59 Å². The summed E-state index contributed by atoms with van der Waals surface area (Å²) in [6, 6.07) is -0.697. The topological polar surface area (TPSA) is 95.9 Å². The molecular weight excluding hydrogens is 839 g/mol. The van der Waals surface area contributed by atoms with Gasteiger partial charge in [-0.25, -0.2) is 0 Å². The van der Waals surface area contributed by atoms with Crippen molar-refractivity contribution in [3.8, 4) is 0 Å². The predicted octanol–water partition coefficient (Wildman–Crippen LogP) is 19.2. The van der Waals surface area contributed by atoms with Crippen molar-refractivity contribution in [1.29, 1.82) is 0 Å². The molecular formula is C62H121NO5. The van der Waals surface area contributed by atoms with Gasteiger partial charge in [0.25, 0.3) is 0 Å². The normalized spacial score (nSPS) is 13.1. The second-order valence-corrected chi connectivity index (χ2v) is 21.5. The van der Waals surface area contributed by atoms with Crippen LogP contribution in [0, 0.1) is 0 Å². The van der Waals surface area contributed by atoms with Gasteiger partial charge >= 0.3 is 5.97 Å². The summed E-state index contributed by atoms with van der Waals surface area (Å²) in [6.07, 6.45) is 65.7. The summed E-state index contributed by atoms with van der Waals surface area (Å²) in [4.78, 5) is 26.3. The molecule has 68 heavy (non-hydrogen) atoms. The SMILES string of the molecule is CCCCCC/C=C\CCCCCCCCCC(=O)OC(CCCCCCCCCCCCCCCCCCC)CC(=O)NC(CO)C(O)CCCCCCCCCCCCCCCCCCC. The number of rotatable bonds is 57. The van der Waals surface area contributed by atoms with Gasteiger partial charge in [-0.05, 0) is 51.4 Å². The Labute approximate surface area is 425 Å². The Morgan fingerprint density at radius 1 is 0.412 bits per heavy atom. The zero-order valence-electron chi connectivity index (χ0n) is 46.3. The smallest absolute Gasteiger partial charge is 0.306 e. The molecule has 6 heteroatoms. The van der Waals surface area contributed by atoms with Crippen molar-refractivity contribution in [3.05, 3.63) is 12.2 Å². The van der Waals surface area contributed by atoms with E-state index in [1.807, 2.05) is 0 Å². The first-order chi connectivity index (χ1) is 33.5. The molecule has 0 aromatic carbocycles. The zero-order chi connectivity index (χ0) is 49.5. The molecule has 0 saturated carbocycles. The molecule has 0 aliphatic heterocycles. The van der Waals surface area contributed by atoms with Crippen molar-refractivity contribution in [2.45, 2.75) is 366 Å². The molecule has 0 fully saturated rings. The lowest BCUT2D eigenvalue weighted by Gasteiger charge is -2.24. The molecule has 3 N–H and O–H groups in total. The van der Waals surface area contributed by atoms with Gasteiger partial charge in [0.05, 0.1) is 25.2 Å². The van der Waals surface area contributed by atoms with Crippen LogP contribution in [0.25, 0.3) is 0 Å². The first-order valence-electron chi connectivity index (χ1n) is 30.9. The Bertz CT molecular complexity index is 1030. The molecule has 0 rings (SSSR count). The number of nitrogens with one attached hydrogen (secondary N) is 1. The fraction of sp³-hybridized carbons (Fsp3) is 0.935. The molecule has 0 aromatic heterocycles. The standard InChI is InChI=1S/C62H121NO5/c1-4-7-10-13-16-19-22-25-28-30-33-35-38-41-44-47-50-53-58(68-62(67)55-52-49-46-43-40-37-32-27-24-21-18-15-12-9-6-3)56-61(66)63-59(57-64)60(65)54-51-48-45-42-39-36-34-31-29-26-23-20-17-14-11-8-5-2/h21,24,58-60,64-65H,4-20,22-23,25-57H2,1-3H3,(H,63,66)/b24-21-. The molecule has 0 aromatic rings. The third kappa shape index (κ3) is 51.0. The maximum absolute atomic E-state index is 13.3. The van der Waals surface area contributed by atoms with E-state index in [-0.39, 0.29) is 24.9 Å². The molecule has 0 spiro atoms. The fourth-order valence-corrected chi connectivity index (χ4v) is 9.90. The number of esters is 1. The highest BCUT2D eigenvalue weighted by molar-refractivity contribution is 5.77. The van der Waals surface area contributed by atoms with Crippen LogP contribution in [-0.2, 0) is 14.3 Å². The van der Waals surface area contributed by atoms with E-state index in [0.29, 0.717) is 19.3 Å². The lowest BCUT2D eigenvalue weighted by atomic mass is 10.0. The van der Waals surface area contributed by atoms with Crippen LogP contribution < -0.4 is 5.32 Å². The lowest BCUT2D eigenvalue weighted by Crippen LogP contribution is -2.46. The van der Waals surface area contributed by atoms with E-state index in [1.54, 1.807) is 0 Å². The quantitative estimate of drug-likeness (QED) is 0.0321. The summed E-state index contributed by atoms with van der Waals surface area (Å²) in [6.45, 7) is 6.53. The van der Waals surface area contributed by atoms with E-state index in [1.165, 1.54) is 257 Å². The highest BCUT2D eigenvalue weighted by atomic mass is 16.5. The minimum absolute atomic E-state index is 0.0843. The molecule has 0 bridgehead atoms. The third-order valence-corrected chi connectivity index (χ3v) is 14.6. The average molecular weight is 961 g/mol. The Morgan fingerprint density at radius 2 is 0.706 bits per heavy atom. The Balaban J connectivity index is 4.49. The van der Waals surface area contributed by atoms with Gasteiger partial charge in [0.15, 0.2) is 0 Å². The van der Waals surface area contributed by atoms with E-state index in [2.05, 4.69) is 38.2 Å². The Morgan fingerprint density at radius 3 is 1.06 bits per heavy atom. The highest BCUT2D eigenvalue weighted by Crippen LogP contribution is 2.19. The number of allylic oxidation sites excluding steroid dienone is 2. The summed E-state index contributed by atoms with van der Waals surface area (Å²) >= 11 is 0. The number of hydrogen-bond acceptors (Lipinski definition) is 5. The number of unbranched alkanes of at least 4 members (excludes halogenated alkanes) is 43. The largest absolute Gasteiger partial charge is 0.462 e. The van der Waals surface area contributed by atoms with Gasteiger partial charge < -0.3 is 20.3 Å². The molecule has 0 heterocycles. The summed E-state index contributed by atoms with van der Waals surface area (Å²) in [5.74, 6) is -0.452. The molecule has 0 radical (unpaired) electrons.